The summed E-state index contributed by atoms with van der Waals surface area (Å²) in [5.74, 6) is -0.862. The van der Waals surface area contributed by atoms with E-state index in [1.54, 1.807) is 12.3 Å². The van der Waals surface area contributed by atoms with Gasteiger partial charge in [0, 0.05) is 62.1 Å². The van der Waals surface area contributed by atoms with Crippen LogP contribution in [-0.4, -0.2) is 69.4 Å². The monoisotopic (exact) mass is 563 g/mol. The molecule has 0 saturated carbocycles. The van der Waals surface area contributed by atoms with Gasteiger partial charge in [-0.05, 0) is 43.9 Å². The van der Waals surface area contributed by atoms with Gasteiger partial charge in [-0.15, -0.1) is 0 Å². The molecule has 0 amide bonds. The van der Waals surface area contributed by atoms with Crippen molar-refractivity contribution >= 4 is 17.3 Å². The highest BCUT2D eigenvalue weighted by Crippen LogP contribution is 2.36. The van der Waals surface area contributed by atoms with E-state index in [9.17, 15) is 13.9 Å². The fraction of sp³-hybridized carbons (Fsp3) is 0.379. The van der Waals surface area contributed by atoms with Crippen LogP contribution in [0.15, 0.2) is 49.1 Å². The van der Waals surface area contributed by atoms with Crippen molar-refractivity contribution in [2.45, 2.75) is 37.8 Å². The van der Waals surface area contributed by atoms with Crippen molar-refractivity contribution in [2.24, 2.45) is 0 Å². The molecule has 10 nitrogen and oxygen atoms in total. The summed E-state index contributed by atoms with van der Waals surface area (Å²) in [7, 11) is 1.27. The van der Waals surface area contributed by atoms with Crippen LogP contribution in [0.5, 0.6) is 5.75 Å². The van der Waals surface area contributed by atoms with Gasteiger partial charge in [0.25, 0.3) is 0 Å². The van der Waals surface area contributed by atoms with E-state index < -0.39 is 17.7 Å². The van der Waals surface area contributed by atoms with Crippen molar-refractivity contribution in [3.63, 3.8) is 0 Å². The van der Waals surface area contributed by atoms with Gasteiger partial charge in [-0.3, -0.25) is 4.68 Å². The Labute approximate surface area is 236 Å². The molecule has 2 aliphatic heterocycles. The summed E-state index contributed by atoms with van der Waals surface area (Å²) in [5.41, 5.74) is 2.57. The van der Waals surface area contributed by atoms with Gasteiger partial charge >= 0.3 is 0 Å². The number of rotatable bonds is 7. The SMILES string of the molecule is COc1c(F)ccc(F)c1-c1nccc(Nc2cc(N3CCC[C@H](O)C3)c(-c3cnn(C4CCOCC4)c3)cn2)n1. The maximum absolute atomic E-state index is 14.7. The number of anilines is 3. The molecular weight excluding hydrogens is 532 g/mol. The third-order valence-electron chi connectivity index (χ3n) is 7.50. The van der Waals surface area contributed by atoms with Crippen molar-refractivity contribution in [3.8, 4) is 28.3 Å². The molecule has 0 unspecified atom stereocenters. The molecule has 4 aromatic rings. The molecule has 0 bridgehead atoms. The van der Waals surface area contributed by atoms with E-state index in [0.29, 0.717) is 24.2 Å². The molecule has 1 atom stereocenters. The van der Waals surface area contributed by atoms with Crippen molar-refractivity contribution < 1.29 is 23.4 Å². The normalized spacial score (nSPS) is 18.0. The van der Waals surface area contributed by atoms with Gasteiger partial charge < -0.3 is 24.8 Å². The number of benzene rings is 1. The Morgan fingerprint density at radius 1 is 1.05 bits per heavy atom. The Kier molecular flexibility index (Phi) is 7.75. The van der Waals surface area contributed by atoms with Crippen LogP contribution in [0.25, 0.3) is 22.5 Å². The lowest BCUT2D eigenvalue weighted by atomic mass is 10.0. The number of methoxy groups -OCH3 is 1. The summed E-state index contributed by atoms with van der Waals surface area (Å²) in [6, 6.07) is 5.83. The predicted octanol–water partition coefficient (Wildman–Crippen LogP) is 4.75. The molecule has 3 aromatic heterocycles. The number of nitrogens with zero attached hydrogens (tertiary/aromatic N) is 6. The van der Waals surface area contributed by atoms with Crippen LogP contribution in [-0.2, 0) is 4.74 Å². The van der Waals surface area contributed by atoms with Gasteiger partial charge in [0.1, 0.15) is 23.0 Å². The van der Waals surface area contributed by atoms with E-state index in [0.717, 1.165) is 74.4 Å². The number of ether oxygens (including phenoxy) is 2. The van der Waals surface area contributed by atoms with Crippen molar-refractivity contribution in [1.82, 2.24) is 24.7 Å². The fourth-order valence-electron chi connectivity index (χ4n) is 5.42. The first-order valence-corrected chi connectivity index (χ1v) is 13.7. The third-order valence-corrected chi connectivity index (χ3v) is 7.50. The van der Waals surface area contributed by atoms with E-state index in [4.69, 9.17) is 9.47 Å². The lowest BCUT2D eigenvalue weighted by Crippen LogP contribution is -2.38. The molecule has 214 valence electrons. The first-order valence-electron chi connectivity index (χ1n) is 13.7. The van der Waals surface area contributed by atoms with E-state index in [1.165, 1.54) is 13.3 Å². The van der Waals surface area contributed by atoms with Gasteiger partial charge in [0.2, 0.25) is 0 Å². The summed E-state index contributed by atoms with van der Waals surface area (Å²) in [6.07, 6.45) is 10.2. The number of β-amino-alcohol motifs (C(OH)–C–C–N with tert-alkyl or cyclic N) is 1. The first-order chi connectivity index (χ1) is 20.0. The average molecular weight is 564 g/mol. The zero-order chi connectivity index (χ0) is 28.3. The summed E-state index contributed by atoms with van der Waals surface area (Å²) in [4.78, 5) is 15.3. The summed E-state index contributed by atoms with van der Waals surface area (Å²) < 4.78 is 41.6. The van der Waals surface area contributed by atoms with Crippen molar-refractivity contribution in [1.29, 1.82) is 0 Å². The van der Waals surface area contributed by atoms with Gasteiger partial charge in [-0.25, -0.2) is 23.7 Å². The van der Waals surface area contributed by atoms with Crippen molar-refractivity contribution in [2.75, 3.05) is 43.6 Å². The molecule has 0 radical (unpaired) electrons. The van der Waals surface area contributed by atoms with Crippen LogP contribution < -0.4 is 15.0 Å². The van der Waals surface area contributed by atoms with E-state index in [-0.39, 0.29) is 17.1 Å². The minimum absolute atomic E-state index is 0.0274. The van der Waals surface area contributed by atoms with Gasteiger partial charge in [-0.2, -0.15) is 5.10 Å². The molecule has 2 saturated heterocycles. The van der Waals surface area contributed by atoms with Crippen LogP contribution in [0.1, 0.15) is 31.7 Å². The maximum atomic E-state index is 14.7. The number of aliphatic hydroxyl groups excluding tert-OH is 1. The number of piperidine rings is 1. The largest absolute Gasteiger partial charge is 0.493 e. The fourth-order valence-corrected chi connectivity index (χ4v) is 5.42. The minimum atomic E-state index is -0.711. The summed E-state index contributed by atoms with van der Waals surface area (Å²) >= 11 is 0. The Bertz CT molecular complexity index is 1530. The van der Waals surface area contributed by atoms with Crippen LogP contribution >= 0.6 is 0 Å². The lowest BCUT2D eigenvalue weighted by molar-refractivity contribution is 0.0662. The molecule has 6 rings (SSSR count). The molecule has 1 aromatic carbocycles. The quantitative estimate of drug-likeness (QED) is 0.329. The molecule has 0 aliphatic carbocycles. The molecule has 5 heterocycles. The Morgan fingerprint density at radius 2 is 1.88 bits per heavy atom. The van der Waals surface area contributed by atoms with E-state index >= 15 is 0 Å². The molecular formula is C29H31F2N7O3. The Morgan fingerprint density at radius 3 is 2.68 bits per heavy atom. The average Bonchev–Trinajstić information content (AvgIpc) is 3.49. The number of hydrogen-bond acceptors (Lipinski definition) is 9. The van der Waals surface area contributed by atoms with Crippen LogP contribution in [0.4, 0.5) is 26.1 Å². The van der Waals surface area contributed by atoms with Crippen LogP contribution in [0.2, 0.25) is 0 Å². The topological polar surface area (TPSA) is 110 Å². The Hall–Kier alpha value is -4.16. The highest BCUT2D eigenvalue weighted by atomic mass is 19.1. The maximum Gasteiger partial charge on any atom is 0.168 e. The summed E-state index contributed by atoms with van der Waals surface area (Å²) in [5, 5.41) is 18.2. The molecule has 12 heteroatoms. The van der Waals surface area contributed by atoms with Crippen molar-refractivity contribution in [3.05, 3.63) is 60.7 Å². The highest BCUT2D eigenvalue weighted by molar-refractivity contribution is 5.80. The molecule has 2 N–H and O–H groups in total. The second-order valence-electron chi connectivity index (χ2n) is 10.2. The van der Waals surface area contributed by atoms with Gasteiger partial charge in [0.15, 0.2) is 17.4 Å². The number of hydrogen-bond donors (Lipinski definition) is 2. The second kappa shape index (κ2) is 11.8. The first kappa shape index (κ1) is 27.0. The number of pyridine rings is 1. The van der Waals surface area contributed by atoms with Crippen LogP contribution in [0.3, 0.4) is 0 Å². The molecule has 2 fully saturated rings. The number of aromatic nitrogens is 5. The molecule has 0 spiro atoms. The Balaban J connectivity index is 1.33. The number of nitrogens with one attached hydrogen (secondary N) is 1. The minimum Gasteiger partial charge on any atom is -0.493 e. The smallest absolute Gasteiger partial charge is 0.168 e. The number of halogens is 2. The molecule has 2 aliphatic rings. The predicted molar refractivity (Wildman–Crippen MR) is 149 cm³/mol. The zero-order valence-corrected chi connectivity index (χ0v) is 22.6. The zero-order valence-electron chi connectivity index (χ0n) is 22.6. The van der Waals surface area contributed by atoms with E-state index in [2.05, 4.69) is 30.3 Å². The molecule has 41 heavy (non-hydrogen) atoms. The van der Waals surface area contributed by atoms with Gasteiger partial charge in [0.05, 0.1) is 31.1 Å². The third kappa shape index (κ3) is 5.70. The van der Waals surface area contributed by atoms with Gasteiger partial charge in [-0.1, -0.05) is 0 Å². The number of aliphatic hydroxyl groups is 1. The highest BCUT2D eigenvalue weighted by Gasteiger charge is 2.24. The van der Waals surface area contributed by atoms with Crippen LogP contribution in [0, 0.1) is 11.6 Å². The van der Waals surface area contributed by atoms with E-state index in [1.807, 2.05) is 23.1 Å². The standard InChI is InChI=1S/C29H31F2N7O3/c1-40-28-23(31)5-4-22(30)27(28)29-32-9-6-25(36-29)35-26-13-24(37-10-2-3-20(39)17-37)21(15-33-26)18-14-34-38(16-18)19-7-11-41-12-8-19/h4-6,9,13-16,19-20,39H,2-3,7-8,10-12,17H2,1H3,(H,32,33,35,36)/t20-/m0/s1. The lowest BCUT2D eigenvalue weighted by Gasteiger charge is -2.33. The summed E-state index contributed by atoms with van der Waals surface area (Å²) in [6.45, 7) is 2.74. The second-order valence-corrected chi connectivity index (χ2v) is 10.2.